The van der Waals surface area contributed by atoms with Gasteiger partial charge in [-0.05, 0) is 31.0 Å². The van der Waals surface area contributed by atoms with Crippen LogP contribution in [0.4, 0.5) is 4.39 Å². The van der Waals surface area contributed by atoms with Crippen molar-refractivity contribution in [1.82, 2.24) is 14.9 Å². The predicted molar refractivity (Wildman–Crippen MR) is 111 cm³/mol. The first kappa shape index (κ1) is 21.4. The summed E-state index contributed by atoms with van der Waals surface area (Å²) in [6.45, 7) is 5.20. The predicted octanol–water partition coefficient (Wildman–Crippen LogP) is 3.92. The van der Waals surface area contributed by atoms with Crippen molar-refractivity contribution in [2.24, 2.45) is 10.7 Å². The number of hydrogen-bond acceptors (Lipinski definition) is 2. The van der Waals surface area contributed by atoms with Crippen LogP contribution in [0.1, 0.15) is 44.0 Å². The normalized spacial score (nSPS) is 11.2. The van der Waals surface area contributed by atoms with Crippen molar-refractivity contribution < 1.29 is 4.39 Å². The zero-order valence-corrected chi connectivity index (χ0v) is 17.2. The van der Waals surface area contributed by atoms with Crippen molar-refractivity contribution in [3.05, 3.63) is 47.8 Å². The molecule has 0 saturated carbocycles. The van der Waals surface area contributed by atoms with E-state index in [2.05, 4.69) is 22.2 Å². The van der Waals surface area contributed by atoms with E-state index in [0.717, 1.165) is 24.4 Å². The maximum absolute atomic E-state index is 14.3. The molecule has 1 aromatic heterocycles. The minimum absolute atomic E-state index is 0. The summed E-state index contributed by atoms with van der Waals surface area (Å²) in [7, 11) is 0. The molecular weight excluding hydrogens is 432 g/mol. The molecule has 0 aliphatic carbocycles. The fourth-order valence-electron chi connectivity index (χ4n) is 2.48. The van der Waals surface area contributed by atoms with Gasteiger partial charge in [0.15, 0.2) is 5.96 Å². The van der Waals surface area contributed by atoms with E-state index in [9.17, 15) is 4.39 Å². The van der Waals surface area contributed by atoms with Gasteiger partial charge in [-0.15, -0.1) is 24.0 Å². The van der Waals surface area contributed by atoms with Gasteiger partial charge in [-0.3, -0.25) is 0 Å². The zero-order valence-electron chi connectivity index (χ0n) is 14.8. The monoisotopic (exact) mass is 459 g/mol. The number of aryl methyl sites for hydroxylation is 1. The molecule has 2 rings (SSSR count). The van der Waals surface area contributed by atoms with Gasteiger partial charge in [0, 0.05) is 18.9 Å². The van der Waals surface area contributed by atoms with E-state index in [1.807, 2.05) is 13.0 Å². The van der Waals surface area contributed by atoms with Crippen LogP contribution in [0.2, 0.25) is 0 Å². The molecule has 0 saturated heterocycles. The Morgan fingerprint density at radius 2 is 2.12 bits per heavy atom. The highest BCUT2D eigenvalue weighted by atomic mass is 127. The van der Waals surface area contributed by atoms with E-state index in [4.69, 9.17) is 5.73 Å². The summed E-state index contributed by atoms with van der Waals surface area (Å²) in [6.07, 6.45) is 8.12. The number of hydrogen-bond donors (Lipinski definition) is 2. The highest BCUT2D eigenvalue weighted by molar-refractivity contribution is 14.0. The minimum atomic E-state index is -0.296. The first-order valence-corrected chi connectivity index (χ1v) is 8.44. The second-order valence-corrected chi connectivity index (χ2v) is 5.82. The third-order valence-corrected chi connectivity index (χ3v) is 3.87. The molecule has 0 unspecified atom stereocenters. The molecule has 0 radical (unpaired) electrons. The van der Waals surface area contributed by atoms with E-state index < -0.39 is 0 Å². The van der Waals surface area contributed by atoms with Gasteiger partial charge >= 0.3 is 0 Å². The van der Waals surface area contributed by atoms with Gasteiger partial charge in [-0.1, -0.05) is 32.3 Å². The van der Waals surface area contributed by atoms with Crippen LogP contribution < -0.4 is 11.1 Å². The van der Waals surface area contributed by atoms with E-state index in [1.165, 1.54) is 25.3 Å². The second kappa shape index (κ2) is 11.1. The third kappa shape index (κ3) is 6.64. The van der Waals surface area contributed by atoms with Crippen LogP contribution in [0.25, 0.3) is 5.69 Å². The van der Waals surface area contributed by atoms with Crippen LogP contribution in [0.15, 0.2) is 35.6 Å². The number of benzene rings is 1. The van der Waals surface area contributed by atoms with Gasteiger partial charge < -0.3 is 15.6 Å². The van der Waals surface area contributed by atoms with Gasteiger partial charge in [0.25, 0.3) is 0 Å². The van der Waals surface area contributed by atoms with Crippen molar-refractivity contribution in [3.8, 4) is 5.69 Å². The average molecular weight is 459 g/mol. The van der Waals surface area contributed by atoms with Gasteiger partial charge in [0.05, 0.1) is 12.2 Å². The number of rotatable bonds is 8. The van der Waals surface area contributed by atoms with Gasteiger partial charge in [-0.25, -0.2) is 14.4 Å². The van der Waals surface area contributed by atoms with E-state index >= 15 is 0 Å². The number of aromatic nitrogens is 2. The van der Waals surface area contributed by atoms with Crippen molar-refractivity contribution in [1.29, 1.82) is 0 Å². The van der Waals surface area contributed by atoms with Crippen LogP contribution in [-0.2, 0) is 6.54 Å². The molecule has 138 valence electrons. The first-order chi connectivity index (χ1) is 11.6. The van der Waals surface area contributed by atoms with Crippen LogP contribution >= 0.6 is 24.0 Å². The highest BCUT2D eigenvalue weighted by Gasteiger charge is 2.07. The first-order valence-electron chi connectivity index (χ1n) is 8.44. The number of nitrogens with zero attached hydrogens (tertiary/aromatic N) is 3. The lowest BCUT2D eigenvalue weighted by atomic mass is 10.2. The molecule has 2 aromatic rings. The Balaban J connectivity index is 0.00000312. The van der Waals surface area contributed by atoms with Crippen molar-refractivity contribution in [2.45, 2.75) is 46.1 Å². The van der Waals surface area contributed by atoms with Crippen molar-refractivity contribution >= 4 is 29.9 Å². The maximum Gasteiger partial charge on any atom is 0.188 e. The molecule has 0 aliphatic heterocycles. The van der Waals surface area contributed by atoms with E-state index in [0.29, 0.717) is 18.2 Å². The van der Waals surface area contributed by atoms with E-state index in [-0.39, 0.29) is 29.8 Å². The zero-order chi connectivity index (χ0) is 17.4. The number of aliphatic imine (C=N–C) groups is 1. The Morgan fingerprint density at radius 1 is 1.32 bits per heavy atom. The summed E-state index contributed by atoms with van der Waals surface area (Å²) in [5, 5.41) is 3.09. The van der Waals surface area contributed by atoms with Gasteiger partial charge in [-0.2, -0.15) is 0 Å². The third-order valence-electron chi connectivity index (χ3n) is 3.87. The summed E-state index contributed by atoms with van der Waals surface area (Å²) in [6, 6.07) is 5.09. The molecule has 5 nitrogen and oxygen atoms in total. The molecule has 0 amide bonds. The van der Waals surface area contributed by atoms with Crippen molar-refractivity contribution in [3.63, 3.8) is 0 Å². The second-order valence-electron chi connectivity index (χ2n) is 5.82. The Hall–Kier alpha value is -1.64. The number of imidazole rings is 1. The maximum atomic E-state index is 14.3. The molecule has 0 fully saturated rings. The Bertz CT molecular complexity index is 684. The average Bonchev–Trinajstić information content (AvgIpc) is 2.99. The van der Waals surface area contributed by atoms with Crippen LogP contribution in [0.5, 0.6) is 0 Å². The number of nitrogens with one attached hydrogen (secondary N) is 1. The summed E-state index contributed by atoms with van der Waals surface area (Å²) in [4.78, 5) is 8.37. The quantitative estimate of drug-likeness (QED) is 0.272. The molecule has 0 atom stereocenters. The largest absolute Gasteiger partial charge is 0.370 e. The van der Waals surface area contributed by atoms with Crippen LogP contribution in [0.3, 0.4) is 0 Å². The molecule has 1 heterocycles. The molecule has 3 N–H and O–H groups in total. The van der Waals surface area contributed by atoms with Crippen LogP contribution in [0, 0.1) is 12.7 Å². The lowest BCUT2D eigenvalue weighted by Crippen LogP contribution is -2.32. The molecule has 0 bridgehead atoms. The smallest absolute Gasteiger partial charge is 0.188 e. The Kier molecular flexibility index (Phi) is 9.48. The highest BCUT2D eigenvalue weighted by Crippen LogP contribution is 2.17. The Morgan fingerprint density at radius 3 is 2.76 bits per heavy atom. The molecule has 0 spiro atoms. The summed E-state index contributed by atoms with van der Waals surface area (Å²) >= 11 is 0. The lowest BCUT2D eigenvalue weighted by molar-refractivity contribution is 0.614. The van der Waals surface area contributed by atoms with Crippen LogP contribution in [-0.4, -0.2) is 22.1 Å². The lowest BCUT2D eigenvalue weighted by Gasteiger charge is -2.08. The fourth-order valence-corrected chi connectivity index (χ4v) is 2.48. The number of guanidine groups is 1. The number of halogens is 2. The molecule has 0 aliphatic rings. The Labute approximate surface area is 166 Å². The minimum Gasteiger partial charge on any atom is -0.370 e. The summed E-state index contributed by atoms with van der Waals surface area (Å²) < 4.78 is 16.0. The van der Waals surface area contributed by atoms with Gasteiger partial charge in [0.2, 0.25) is 0 Å². The van der Waals surface area contributed by atoms with Gasteiger partial charge in [0.1, 0.15) is 11.6 Å². The number of unbranched alkanes of at least 4 members (excludes halogenated alkanes) is 3. The fraction of sp³-hybridized carbons (Fsp3) is 0.444. The number of nitrogens with two attached hydrogens (primary N) is 1. The molecule has 25 heavy (non-hydrogen) atoms. The topological polar surface area (TPSA) is 68.2 Å². The van der Waals surface area contributed by atoms with E-state index in [1.54, 1.807) is 23.0 Å². The summed E-state index contributed by atoms with van der Waals surface area (Å²) in [5.41, 5.74) is 7.10. The molecule has 7 heteroatoms. The SMILES string of the molecule is CCCCCCNC(N)=NCc1ccc(-n2ccnc2C)c(F)c1.I. The summed E-state index contributed by atoms with van der Waals surface area (Å²) in [5.74, 6) is 0.854. The van der Waals surface area contributed by atoms with Crippen molar-refractivity contribution in [2.75, 3.05) is 6.54 Å². The molecule has 1 aromatic carbocycles. The standard InChI is InChI=1S/C18H26FN5.HI/c1-3-4-5-6-9-22-18(20)23-13-15-7-8-17(16(19)12-15)24-11-10-21-14(24)2;/h7-8,10-12H,3-6,9,13H2,1-2H3,(H3,20,22,23);1H. The molecular formula is C18H27FIN5.